The highest BCUT2D eigenvalue weighted by atomic mass is 19.1. The van der Waals surface area contributed by atoms with Gasteiger partial charge in [-0.25, -0.2) is 8.78 Å². The van der Waals surface area contributed by atoms with Crippen molar-refractivity contribution in [3.05, 3.63) is 78.7 Å². The Morgan fingerprint density at radius 3 is 2.55 bits per heavy atom. The van der Waals surface area contributed by atoms with Crippen molar-refractivity contribution in [3.8, 4) is 0 Å². The summed E-state index contributed by atoms with van der Waals surface area (Å²) in [5, 5.41) is 0. The van der Waals surface area contributed by atoms with Crippen LogP contribution in [0.2, 0.25) is 0 Å². The van der Waals surface area contributed by atoms with Gasteiger partial charge in [0.2, 0.25) is 0 Å². The number of hydrogen-bond acceptors (Lipinski definition) is 1. The van der Waals surface area contributed by atoms with Crippen LogP contribution in [0.25, 0.3) is 0 Å². The van der Waals surface area contributed by atoms with Gasteiger partial charge in [0.1, 0.15) is 11.6 Å². The number of rotatable bonds is 2. The first kappa shape index (κ1) is 13.1. The first-order chi connectivity index (χ1) is 9.65. The van der Waals surface area contributed by atoms with E-state index >= 15 is 0 Å². The molecule has 0 N–H and O–H groups in total. The minimum Gasteiger partial charge on any atom is -0.359 e. The van der Waals surface area contributed by atoms with Crippen molar-refractivity contribution in [2.75, 3.05) is 4.90 Å². The molecule has 0 amide bonds. The second kappa shape index (κ2) is 5.23. The molecule has 1 saturated heterocycles. The molecule has 0 spiro atoms. The van der Waals surface area contributed by atoms with Crippen LogP contribution in [-0.4, -0.2) is 0 Å². The highest BCUT2D eigenvalue weighted by molar-refractivity contribution is 5.53. The third-order valence-corrected chi connectivity index (χ3v) is 3.65. The van der Waals surface area contributed by atoms with Gasteiger partial charge < -0.3 is 4.90 Å². The van der Waals surface area contributed by atoms with E-state index in [0.717, 1.165) is 30.2 Å². The van der Waals surface area contributed by atoms with Crippen LogP contribution in [-0.2, 0) is 0 Å². The Morgan fingerprint density at radius 2 is 1.80 bits per heavy atom. The molecule has 1 aliphatic heterocycles. The van der Waals surface area contributed by atoms with E-state index in [1.54, 1.807) is 0 Å². The molecule has 1 nitrogen and oxygen atoms in total. The van der Waals surface area contributed by atoms with Gasteiger partial charge in [-0.15, -0.1) is 0 Å². The van der Waals surface area contributed by atoms with Gasteiger partial charge in [0.25, 0.3) is 0 Å². The summed E-state index contributed by atoms with van der Waals surface area (Å²) < 4.78 is 27.3. The van der Waals surface area contributed by atoms with Crippen LogP contribution < -0.4 is 4.90 Å². The zero-order valence-corrected chi connectivity index (χ0v) is 11.0. The monoisotopic (exact) mass is 271 g/mol. The molecule has 1 fully saturated rings. The topological polar surface area (TPSA) is 3.24 Å². The lowest BCUT2D eigenvalue weighted by Crippen LogP contribution is -2.20. The lowest BCUT2D eigenvalue weighted by atomic mass is 10.0. The number of benzene rings is 2. The lowest BCUT2D eigenvalue weighted by Gasteiger charge is -2.27. The second-order valence-electron chi connectivity index (χ2n) is 5.02. The van der Waals surface area contributed by atoms with Gasteiger partial charge in [-0.3, -0.25) is 0 Å². The maximum Gasteiger partial charge on any atom is 0.128 e. The molecule has 2 aromatic carbocycles. The molecule has 0 bridgehead atoms. The summed E-state index contributed by atoms with van der Waals surface area (Å²) in [4.78, 5) is 2.01. The first-order valence-electron chi connectivity index (χ1n) is 6.64. The summed E-state index contributed by atoms with van der Waals surface area (Å²) in [6, 6.07) is 11.2. The van der Waals surface area contributed by atoms with Gasteiger partial charge in [0.15, 0.2) is 0 Å². The Labute approximate surface area is 117 Å². The van der Waals surface area contributed by atoms with E-state index in [2.05, 4.69) is 6.92 Å². The fraction of sp³-hybridized carbons (Fsp3) is 0.176. The van der Waals surface area contributed by atoms with Crippen LogP contribution in [0.3, 0.4) is 0 Å². The predicted molar refractivity (Wildman–Crippen MR) is 76.0 cm³/mol. The van der Waals surface area contributed by atoms with Crippen LogP contribution in [0, 0.1) is 25.1 Å². The fourth-order valence-corrected chi connectivity index (χ4v) is 2.67. The largest absolute Gasteiger partial charge is 0.359 e. The van der Waals surface area contributed by atoms with E-state index in [1.165, 1.54) is 12.1 Å². The summed E-state index contributed by atoms with van der Waals surface area (Å²) in [5.41, 5.74) is 2.32. The summed E-state index contributed by atoms with van der Waals surface area (Å²) in [6.45, 7) is 5.89. The molecule has 3 heteroatoms. The zero-order chi connectivity index (χ0) is 14.1. The van der Waals surface area contributed by atoms with Crippen LogP contribution >= 0.6 is 0 Å². The van der Waals surface area contributed by atoms with E-state index in [-0.39, 0.29) is 11.9 Å². The molecule has 1 atom stereocenters. The minimum absolute atomic E-state index is 0.152. The van der Waals surface area contributed by atoms with E-state index in [1.807, 2.05) is 35.7 Å². The minimum atomic E-state index is -0.402. The molecule has 2 aromatic rings. The van der Waals surface area contributed by atoms with Gasteiger partial charge in [0, 0.05) is 11.3 Å². The molecule has 20 heavy (non-hydrogen) atoms. The van der Waals surface area contributed by atoms with Crippen LogP contribution in [0.1, 0.15) is 30.0 Å². The number of hydrogen-bond donors (Lipinski definition) is 0. The van der Waals surface area contributed by atoms with E-state index < -0.39 is 5.82 Å². The van der Waals surface area contributed by atoms with Crippen LogP contribution in [0.15, 0.2) is 42.5 Å². The summed E-state index contributed by atoms with van der Waals surface area (Å²) in [6.07, 6.45) is 1.64. The Bertz CT molecular complexity index is 607. The summed E-state index contributed by atoms with van der Waals surface area (Å²) in [7, 11) is 0. The molecular weight excluding hydrogens is 256 g/mol. The smallest absolute Gasteiger partial charge is 0.128 e. The average molecular weight is 271 g/mol. The van der Waals surface area contributed by atoms with E-state index in [9.17, 15) is 8.78 Å². The molecule has 3 rings (SSSR count). The molecule has 0 aromatic heterocycles. The third-order valence-electron chi connectivity index (χ3n) is 3.65. The first-order valence-corrected chi connectivity index (χ1v) is 6.64. The van der Waals surface area contributed by atoms with Crippen molar-refractivity contribution in [3.63, 3.8) is 0 Å². The number of anilines is 1. The Hall–Kier alpha value is -1.90. The highest BCUT2D eigenvalue weighted by Gasteiger charge is 2.29. The molecule has 0 saturated carbocycles. The molecule has 1 unspecified atom stereocenters. The van der Waals surface area contributed by atoms with Gasteiger partial charge in [0.05, 0.1) is 12.6 Å². The third kappa shape index (κ3) is 2.40. The van der Waals surface area contributed by atoms with Crippen molar-refractivity contribution in [2.24, 2.45) is 0 Å². The van der Waals surface area contributed by atoms with Gasteiger partial charge >= 0.3 is 0 Å². The van der Waals surface area contributed by atoms with Crippen LogP contribution in [0.4, 0.5) is 14.5 Å². The van der Waals surface area contributed by atoms with Crippen LogP contribution in [0.5, 0.6) is 0 Å². The normalized spacial score (nSPS) is 18.6. The zero-order valence-electron chi connectivity index (χ0n) is 11.0. The number of nitrogens with zero attached hydrogens (tertiary/aromatic N) is 1. The maximum atomic E-state index is 14.0. The molecule has 1 heterocycles. The van der Waals surface area contributed by atoms with Gasteiger partial charge in [-0.2, -0.15) is 0 Å². The fourth-order valence-electron chi connectivity index (χ4n) is 2.67. The molecule has 1 aliphatic rings. The maximum absolute atomic E-state index is 14.0. The molecule has 2 radical (unpaired) electrons. The van der Waals surface area contributed by atoms with Gasteiger partial charge in [-0.05, 0) is 55.7 Å². The lowest BCUT2D eigenvalue weighted by molar-refractivity contribution is 0.562. The Morgan fingerprint density at radius 1 is 1.05 bits per heavy atom. The molecule has 102 valence electrons. The van der Waals surface area contributed by atoms with Crippen molar-refractivity contribution in [1.29, 1.82) is 0 Å². The van der Waals surface area contributed by atoms with Crippen molar-refractivity contribution >= 4 is 5.69 Å². The predicted octanol–water partition coefficient (Wildman–Crippen LogP) is 4.65. The Balaban J connectivity index is 1.96. The van der Waals surface area contributed by atoms with Crippen molar-refractivity contribution < 1.29 is 8.78 Å². The quantitative estimate of drug-likeness (QED) is 0.768. The summed E-state index contributed by atoms with van der Waals surface area (Å²) >= 11 is 0. The van der Waals surface area contributed by atoms with Gasteiger partial charge in [-0.1, -0.05) is 12.1 Å². The van der Waals surface area contributed by atoms with Crippen molar-refractivity contribution in [2.45, 2.75) is 18.9 Å². The van der Waals surface area contributed by atoms with E-state index in [4.69, 9.17) is 0 Å². The molecule has 0 aliphatic carbocycles. The highest BCUT2D eigenvalue weighted by Crippen LogP contribution is 2.39. The standard InChI is InChI=1S/C17H15F2N/c1-12-4-7-14(8-5-12)20-10-2-3-17(20)15-11-13(18)6-9-16(15)19/h4-11,17H,1-3H2. The SMILES string of the molecule is [CH2]c1ccc(N2[CH]CCC2c2cc(F)ccc2F)cc1. The van der Waals surface area contributed by atoms with E-state index in [0.29, 0.717) is 5.56 Å². The molecular formula is C17H15F2N. The summed E-state index contributed by atoms with van der Waals surface area (Å²) in [5.74, 6) is -0.758. The second-order valence-corrected chi connectivity index (χ2v) is 5.02. The Kier molecular flexibility index (Phi) is 3.43. The number of halogens is 2. The van der Waals surface area contributed by atoms with Crippen molar-refractivity contribution in [1.82, 2.24) is 0 Å². The average Bonchev–Trinajstić information content (AvgIpc) is 2.91.